The average molecular weight is 411 g/mol. The van der Waals surface area contributed by atoms with E-state index in [9.17, 15) is 9.18 Å². The number of carbonyl (C=O) groups excluding carboxylic acids is 1. The van der Waals surface area contributed by atoms with E-state index in [-0.39, 0.29) is 23.5 Å². The van der Waals surface area contributed by atoms with Crippen molar-refractivity contribution in [3.05, 3.63) is 59.9 Å². The van der Waals surface area contributed by atoms with Gasteiger partial charge < -0.3 is 5.32 Å². The Hall–Kier alpha value is -2.67. The van der Waals surface area contributed by atoms with Crippen molar-refractivity contribution in [3.63, 3.8) is 0 Å². The Morgan fingerprint density at radius 2 is 1.86 bits per heavy atom. The maximum Gasteiger partial charge on any atom is 0.230 e. The molecule has 0 bridgehead atoms. The standard InChI is InChI=1S/C22H23FN4OS/c1-15-10-12-17(13-11-15)27-21(18-8-4-5-9-19(18)23)25-26-22(27)29-14-20(28)24-16-6-2-3-7-16/h4-5,8-13,16H,2-3,6-7,14H2,1H3,(H,24,28). The molecule has 1 aliphatic rings. The van der Waals surface area contributed by atoms with Gasteiger partial charge in [-0.1, -0.05) is 54.4 Å². The molecule has 1 aromatic heterocycles. The van der Waals surface area contributed by atoms with Crippen molar-refractivity contribution in [3.8, 4) is 17.1 Å². The van der Waals surface area contributed by atoms with Crippen LogP contribution in [0, 0.1) is 12.7 Å². The quantitative estimate of drug-likeness (QED) is 0.607. The van der Waals surface area contributed by atoms with Gasteiger partial charge in [0.2, 0.25) is 5.91 Å². The number of hydrogen-bond donors (Lipinski definition) is 1. The zero-order valence-corrected chi connectivity index (χ0v) is 17.1. The zero-order valence-electron chi connectivity index (χ0n) is 16.3. The molecule has 1 heterocycles. The SMILES string of the molecule is Cc1ccc(-n2c(SCC(=O)NC3CCCC3)nnc2-c2ccccc2F)cc1. The molecule has 2 aromatic carbocycles. The molecule has 0 spiro atoms. The molecule has 0 atom stereocenters. The smallest absolute Gasteiger partial charge is 0.230 e. The van der Waals surface area contributed by atoms with Gasteiger partial charge in [-0.3, -0.25) is 9.36 Å². The Kier molecular flexibility index (Phi) is 5.94. The van der Waals surface area contributed by atoms with E-state index in [1.54, 1.807) is 18.2 Å². The molecule has 0 unspecified atom stereocenters. The number of benzene rings is 2. The normalized spacial score (nSPS) is 14.3. The number of halogens is 1. The predicted octanol–water partition coefficient (Wildman–Crippen LogP) is 4.53. The highest BCUT2D eigenvalue weighted by atomic mass is 32.2. The van der Waals surface area contributed by atoms with E-state index in [2.05, 4.69) is 15.5 Å². The number of aromatic nitrogens is 3. The van der Waals surface area contributed by atoms with E-state index >= 15 is 0 Å². The van der Waals surface area contributed by atoms with Gasteiger partial charge in [0.05, 0.1) is 11.3 Å². The highest BCUT2D eigenvalue weighted by molar-refractivity contribution is 7.99. The third-order valence-corrected chi connectivity index (χ3v) is 6.02. The summed E-state index contributed by atoms with van der Waals surface area (Å²) >= 11 is 1.31. The van der Waals surface area contributed by atoms with Gasteiger partial charge in [-0.15, -0.1) is 10.2 Å². The highest BCUT2D eigenvalue weighted by Gasteiger charge is 2.21. The maximum absolute atomic E-state index is 14.4. The second-order valence-electron chi connectivity index (χ2n) is 7.29. The summed E-state index contributed by atoms with van der Waals surface area (Å²) in [6.45, 7) is 2.01. The van der Waals surface area contributed by atoms with Gasteiger partial charge in [0.25, 0.3) is 0 Å². The first kappa shape index (κ1) is 19.6. The molecule has 1 N–H and O–H groups in total. The number of carbonyl (C=O) groups is 1. The zero-order chi connectivity index (χ0) is 20.2. The Morgan fingerprint density at radius 3 is 2.59 bits per heavy atom. The number of nitrogens with one attached hydrogen (secondary N) is 1. The van der Waals surface area contributed by atoms with Crippen molar-refractivity contribution in [2.24, 2.45) is 0 Å². The van der Waals surface area contributed by atoms with Crippen LogP contribution in [0.4, 0.5) is 4.39 Å². The van der Waals surface area contributed by atoms with E-state index in [1.807, 2.05) is 35.8 Å². The van der Waals surface area contributed by atoms with E-state index in [0.717, 1.165) is 24.1 Å². The summed E-state index contributed by atoms with van der Waals surface area (Å²) in [5, 5.41) is 12.2. The minimum Gasteiger partial charge on any atom is -0.353 e. The van der Waals surface area contributed by atoms with Crippen molar-refractivity contribution in [1.29, 1.82) is 0 Å². The molecule has 1 saturated carbocycles. The minimum atomic E-state index is -0.358. The molecule has 0 aliphatic heterocycles. The Balaban J connectivity index is 1.62. The Labute approximate surface area is 173 Å². The van der Waals surface area contributed by atoms with Gasteiger partial charge in [-0.2, -0.15) is 0 Å². The van der Waals surface area contributed by atoms with Crippen molar-refractivity contribution >= 4 is 17.7 Å². The first-order valence-electron chi connectivity index (χ1n) is 9.81. The number of aryl methyl sites for hydroxylation is 1. The second-order valence-corrected chi connectivity index (χ2v) is 8.24. The van der Waals surface area contributed by atoms with Crippen LogP contribution in [0.3, 0.4) is 0 Å². The van der Waals surface area contributed by atoms with Gasteiger partial charge in [0.15, 0.2) is 11.0 Å². The van der Waals surface area contributed by atoms with Crippen LogP contribution in [0.2, 0.25) is 0 Å². The summed E-state index contributed by atoms with van der Waals surface area (Å²) in [5.41, 5.74) is 2.33. The van der Waals surface area contributed by atoms with Crippen molar-refractivity contribution in [2.45, 2.75) is 43.8 Å². The second kappa shape index (κ2) is 8.78. The lowest BCUT2D eigenvalue weighted by molar-refractivity contribution is -0.119. The largest absolute Gasteiger partial charge is 0.353 e. The summed E-state index contributed by atoms with van der Waals surface area (Å²) < 4.78 is 16.2. The molecule has 1 fully saturated rings. The van der Waals surface area contributed by atoms with Crippen LogP contribution >= 0.6 is 11.8 Å². The van der Waals surface area contributed by atoms with Crippen molar-refractivity contribution < 1.29 is 9.18 Å². The topological polar surface area (TPSA) is 59.8 Å². The fourth-order valence-electron chi connectivity index (χ4n) is 3.58. The Bertz CT molecular complexity index is 996. The fraction of sp³-hybridized carbons (Fsp3) is 0.318. The molecule has 1 amide bonds. The molecular formula is C22H23FN4OS. The summed E-state index contributed by atoms with van der Waals surface area (Å²) in [7, 11) is 0. The third kappa shape index (κ3) is 4.50. The molecular weight excluding hydrogens is 387 g/mol. The van der Waals surface area contributed by atoms with Crippen LogP contribution < -0.4 is 5.32 Å². The number of nitrogens with zero attached hydrogens (tertiary/aromatic N) is 3. The van der Waals surface area contributed by atoms with Crippen molar-refractivity contribution in [2.75, 3.05) is 5.75 Å². The molecule has 1 aliphatic carbocycles. The van der Waals surface area contributed by atoms with Crippen LogP contribution in [0.15, 0.2) is 53.7 Å². The molecule has 0 radical (unpaired) electrons. The lowest BCUT2D eigenvalue weighted by Gasteiger charge is -2.13. The van der Waals surface area contributed by atoms with Crippen LogP contribution in [-0.2, 0) is 4.79 Å². The fourth-order valence-corrected chi connectivity index (χ4v) is 4.34. The summed E-state index contributed by atoms with van der Waals surface area (Å²) in [6.07, 6.45) is 4.44. The lowest BCUT2D eigenvalue weighted by atomic mass is 10.2. The average Bonchev–Trinajstić information content (AvgIpc) is 3.37. The number of thioether (sulfide) groups is 1. The van der Waals surface area contributed by atoms with Gasteiger partial charge >= 0.3 is 0 Å². The van der Waals surface area contributed by atoms with E-state index < -0.39 is 0 Å². The van der Waals surface area contributed by atoms with Crippen LogP contribution in [0.1, 0.15) is 31.2 Å². The first-order valence-corrected chi connectivity index (χ1v) is 10.8. The van der Waals surface area contributed by atoms with Gasteiger partial charge in [0, 0.05) is 11.7 Å². The van der Waals surface area contributed by atoms with Crippen molar-refractivity contribution in [1.82, 2.24) is 20.1 Å². The minimum absolute atomic E-state index is 0.00667. The van der Waals surface area contributed by atoms with Crippen LogP contribution in [-0.4, -0.2) is 32.5 Å². The van der Waals surface area contributed by atoms with E-state index in [4.69, 9.17) is 0 Å². The third-order valence-electron chi connectivity index (χ3n) is 5.09. The molecule has 0 saturated heterocycles. The molecule has 4 rings (SSSR count). The first-order chi connectivity index (χ1) is 14.1. The lowest BCUT2D eigenvalue weighted by Crippen LogP contribution is -2.33. The summed E-state index contributed by atoms with van der Waals surface area (Å²) in [5.74, 6) is 0.305. The van der Waals surface area contributed by atoms with Crippen LogP contribution in [0.25, 0.3) is 17.1 Å². The molecule has 7 heteroatoms. The van der Waals surface area contributed by atoms with Gasteiger partial charge in [-0.05, 0) is 44.0 Å². The number of hydrogen-bond acceptors (Lipinski definition) is 4. The Morgan fingerprint density at radius 1 is 1.14 bits per heavy atom. The van der Waals surface area contributed by atoms with Gasteiger partial charge in [-0.25, -0.2) is 4.39 Å². The van der Waals surface area contributed by atoms with Gasteiger partial charge in [0.1, 0.15) is 5.82 Å². The molecule has 29 heavy (non-hydrogen) atoms. The van der Waals surface area contributed by atoms with Crippen LogP contribution in [0.5, 0.6) is 0 Å². The number of amides is 1. The predicted molar refractivity (Wildman–Crippen MR) is 113 cm³/mol. The molecule has 5 nitrogen and oxygen atoms in total. The van der Waals surface area contributed by atoms with E-state index in [0.29, 0.717) is 16.5 Å². The van der Waals surface area contributed by atoms with E-state index in [1.165, 1.54) is 30.7 Å². The molecule has 3 aromatic rings. The number of rotatable bonds is 6. The summed E-state index contributed by atoms with van der Waals surface area (Å²) in [6, 6.07) is 14.7. The molecule has 150 valence electrons. The highest BCUT2D eigenvalue weighted by Crippen LogP contribution is 2.29. The monoisotopic (exact) mass is 410 g/mol. The summed E-state index contributed by atoms with van der Waals surface area (Å²) in [4.78, 5) is 12.3. The maximum atomic E-state index is 14.4.